The summed E-state index contributed by atoms with van der Waals surface area (Å²) in [4.78, 5) is 30.6. The lowest BCUT2D eigenvalue weighted by atomic mass is 9.92. The molecule has 0 aliphatic heterocycles. The SMILES string of the molecule is c1ccc(-c2ccc(-c3nc(-c4ccccc4)nc(-c4ccccc4-c4ccc(-c5ccccc5)c(-c5nc(-c6ccccc6)nc(-c6ccccc6)n5)c4)n3)cc2)cc1. The molecule has 0 N–H and O–H groups in total. The van der Waals surface area contributed by atoms with E-state index in [0.717, 1.165) is 66.8 Å². The van der Waals surface area contributed by atoms with Crippen LogP contribution in [0.15, 0.2) is 218 Å². The molecule has 0 aliphatic rings. The fourth-order valence-corrected chi connectivity index (χ4v) is 7.41. The molecule has 0 saturated heterocycles. The van der Waals surface area contributed by atoms with Crippen LogP contribution < -0.4 is 0 Å². The summed E-state index contributed by atoms with van der Waals surface area (Å²) in [6.45, 7) is 0. The van der Waals surface area contributed by atoms with Gasteiger partial charge in [0.15, 0.2) is 34.9 Å². The van der Waals surface area contributed by atoms with Crippen LogP contribution in [0.25, 0.3) is 102 Å². The lowest BCUT2D eigenvalue weighted by molar-refractivity contribution is 1.07. The molecule has 0 saturated carbocycles. The summed E-state index contributed by atoms with van der Waals surface area (Å²) in [6, 6.07) is 74.1. The van der Waals surface area contributed by atoms with Crippen LogP contribution in [0.2, 0.25) is 0 Å². The second-order valence-corrected chi connectivity index (χ2v) is 14.3. The molecule has 10 aromatic rings. The van der Waals surface area contributed by atoms with Gasteiger partial charge in [0, 0.05) is 33.4 Å². The minimum Gasteiger partial charge on any atom is -0.208 e. The Hall–Kier alpha value is -8.22. The lowest BCUT2D eigenvalue weighted by Crippen LogP contribution is -2.02. The summed E-state index contributed by atoms with van der Waals surface area (Å²) in [7, 11) is 0. The Morgan fingerprint density at radius 2 is 0.450 bits per heavy atom. The summed E-state index contributed by atoms with van der Waals surface area (Å²) < 4.78 is 0. The molecule has 10 rings (SSSR count). The van der Waals surface area contributed by atoms with E-state index < -0.39 is 0 Å². The van der Waals surface area contributed by atoms with E-state index in [1.165, 1.54) is 0 Å². The van der Waals surface area contributed by atoms with Gasteiger partial charge in [0.2, 0.25) is 0 Å². The highest BCUT2D eigenvalue weighted by molar-refractivity contribution is 5.89. The molecule has 0 spiro atoms. The topological polar surface area (TPSA) is 77.3 Å². The van der Waals surface area contributed by atoms with E-state index in [2.05, 4.69) is 109 Å². The largest absolute Gasteiger partial charge is 0.208 e. The number of benzene rings is 8. The molecular formula is C54H36N6. The summed E-state index contributed by atoms with van der Waals surface area (Å²) in [6.07, 6.45) is 0. The molecule has 0 radical (unpaired) electrons. The number of rotatable bonds is 9. The number of hydrogen-bond donors (Lipinski definition) is 0. The fraction of sp³-hybridized carbons (Fsp3) is 0. The van der Waals surface area contributed by atoms with Crippen LogP contribution in [0, 0.1) is 0 Å². The fourth-order valence-electron chi connectivity index (χ4n) is 7.41. The molecule has 6 heteroatoms. The highest BCUT2D eigenvalue weighted by Crippen LogP contribution is 2.39. The second-order valence-electron chi connectivity index (χ2n) is 14.3. The molecule has 0 fully saturated rings. The van der Waals surface area contributed by atoms with Gasteiger partial charge in [-0.05, 0) is 39.4 Å². The van der Waals surface area contributed by atoms with Gasteiger partial charge in [-0.15, -0.1) is 0 Å². The Morgan fingerprint density at radius 1 is 0.167 bits per heavy atom. The van der Waals surface area contributed by atoms with Crippen LogP contribution in [-0.4, -0.2) is 29.9 Å². The van der Waals surface area contributed by atoms with Gasteiger partial charge in [0.05, 0.1) is 0 Å². The Balaban J connectivity index is 1.14. The monoisotopic (exact) mass is 768 g/mol. The average Bonchev–Trinajstić information content (AvgIpc) is 3.35. The van der Waals surface area contributed by atoms with Gasteiger partial charge in [-0.25, -0.2) is 29.9 Å². The minimum absolute atomic E-state index is 0.577. The summed E-state index contributed by atoms with van der Waals surface area (Å²) in [5, 5.41) is 0. The first-order valence-corrected chi connectivity index (χ1v) is 19.9. The smallest absolute Gasteiger partial charge is 0.164 e. The summed E-state index contributed by atoms with van der Waals surface area (Å²) in [5.74, 6) is 3.56. The molecule has 60 heavy (non-hydrogen) atoms. The molecule has 0 amide bonds. The molecule has 0 unspecified atom stereocenters. The predicted molar refractivity (Wildman–Crippen MR) is 242 cm³/mol. The van der Waals surface area contributed by atoms with Crippen molar-refractivity contribution >= 4 is 0 Å². The normalized spacial score (nSPS) is 11.0. The second kappa shape index (κ2) is 16.3. The van der Waals surface area contributed by atoms with Crippen LogP contribution in [0.5, 0.6) is 0 Å². The third-order valence-electron chi connectivity index (χ3n) is 10.4. The third-order valence-corrected chi connectivity index (χ3v) is 10.4. The van der Waals surface area contributed by atoms with Crippen molar-refractivity contribution in [2.24, 2.45) is 0 Å². The van der Waals surface area contributed by atoms with E-state index in [0.29, 0.717) is 34.9 Å². The Bertz CT molecular complexity index is 2990. The molecule has 282 valence electrons. The first kappa shape index (κ1) is 36.1. The third kappa shape index (κ3) is 7.49. The van der Waals surface area contributed by atoms with Crippen molar-refractivity contribution in [3.8, 4) is 102 Å². The van der Waals surface area contributed by atoms with Crippen molar-refractivity contribution in [2.45, 2.75) is 0 Å². The Morgan fingerprint density at radius 3 is 0.917 bits per heavy atom. The predicted octanol–water partition coefficient (Wildman–Crippen LogP) is 13.1. The van der Waals surface area contributed by atoms with Crippen LogP contribution in [0.3, 0.4) is 0 Å². The van der Waals surface area contributed by atoms with E-state index in [1.807, 2.05) is 109 Å². The molecule has 0 atom stereocenters. The molecule has 8 aromatic carbocycles. The maximum atomic E-state index is 5.17. The molecular weight excluding hydrogens is 733 g/mol. The zero-order chi connectivity index (χ0) is 40.1. The Kier molecular flexibility index (Phi) is 9.84. The first-order chi connectivity index (χ1) is 29.7. The van der Waals surface area contributed by atoms with Gasteiger partial charge in [0.25, 0.3) is 0 Å². The molecule has 2 heterocycles. The van der Waals surface area contributed by atoms with Crippen LogP contribution in [0.4, 0.5) is 0 Å². The maximum Gasteiger partial charge on any atom is 0.164 e. The van der Waals surface area contributed by atoms with E-state index >= 15 is 0 Å². The lowest BCUT2D eigenvalue weighted by Gasteiger charge is -2.16. The van der Waals surface area contributed by atoms with Crippen LogP contribution >= 0.6 is 0 Å². The van der Waals surface area contributed by atoms with Gasteiger partial charge in [0.1, 0.15) is 0 Å². The highest BCUT2D eigenvalue weighted by atomic mass is 15.0. The zero-order valence-corrected chi connectivity index (χ0v) is 32.5. The maximum absolute atomic E-state index is 5.17. The van der Waals surface area contributed by atoms with Gasteiger partial charge in [-0.3, -0.25) is 0 Å². The van der Waals surface area contributed by atoms with Crippen molar-refractivity contribution in [2.75, 3.05) is 0 Å². The van der Waals surface area contributed by atoms with Gasteiger partial charge < -0.3 is 0 Å². The minimum atomic E-state index is 0.577. The van der Waals surface area contributed by atoms with Gasteiger partial charge >= 0.3 is 0 Å². The molecule has 0 bridgehead atoms. The molecule has 6 nitrogen and oxygen atoms in total. The first-order valence-electron chi connectivity index (χ1n) is 19.9. The number of aromatic nitrogens is 6. The van der Waals surface area contributed by atoms with Crippen LogP contribution in [-0.2, 0) is 0 Å². The van der Waals surface area contributed by atoms with E-state index in [1.54, 1.807) is 0 Å². The van der Waals surface area contributed by atoms with Crippen LogP contribution in [0.1, 0.15) is 0 Å². The molecule has 2 aromatic heterocycles. The van der Waals surface area contributed by atoms with Gasteiger partial charge in [-0.2, -0.15) is 0 Å². The summed E-state index contributed by atoms with van der Waals surface area (Å²) >= 11 is 0. The zero-order valence-electron chi connectivity index (χ0n) is 32.5. The summed E-state index contributed by atoms with van der Waals surface area (Å²) in [5.41, 5.74) is 11.7. The van der Waals surface area contributed by atoms with Crippen molar-refractivity contribution < 1.29 is 0 Å². The molecule has 0 aliphatic carbocycles. The van der Waals surface area contributed by atoms with E-state index in [9.17, 15) is 0 Å². The van der Waals surface area contributed by atoms with Crippen molar-refractivity contribution in [3.05, 3.63) is 218 Å². The van der Waals surface area contributed by atoms with Crippen molar-refractivity contribution in [1.82, 2.24) is 29.9 Å². The van der Waals surface area contributed by atoms with Crippen molar-refractivity contribution in [3.63, 3.8) is 0 Å². The average molecular weight is 769 g/mol. The quantitative estimate of drug-likeness (QED) is 0.145. The highest BCUT2D eigenvalue weighted by Gasteiger charge is 2.20. The van der Waals surface area contributed by atoms with Crippen molar-refractivity contribution in [1.29, 1.82) is 0 Å². The van der Waals surface area contributed by atoms with E-state index in [4.69, 9.17) is 29.9 Å². The van der Waals surface area contributed by atoms with Gasteiger partial charge in [-0.1, -0.05) is 212 Å². The standard InChI is InChI=1S/C54H36N6/c1-6-18-37(19-7-1)38-30-32-43(33-31-38)52-56-49(40-22-10-3-11-23-40)57-53(58-52)47-29-17-16-28-45(47)44-34-35-46(39-20-8-2-9-21-39)48(36-44)54-59-50(41-24-12-4-13-25-41)55-51(60-54)42-26-14-5-15-27-42/h1-36H. The number of hydrogen-bond acceptors (Lipinski definition) is 6. The Labute approximate surface area is 348 Å². The van der Waals surface area contributed by atoms with E-state index in [-0.39, 0.29) is 0 Å². The number of nitrogens with zero attached hydrogens (tertiary/aromatic N) is 6.